The number of rotatable bonds is 12. The third-order valence-electron chi connectivity index (χ3n) is 7.41. The quantitative estimate of drug-likeness (QED) is 0.101. The van der Waals surface area contributed by atoms with E-state index in [1.54, 1.807) is 0 Å². The van der Waals surface area contributed by atoms with Gasteiger partial charge in [-0.05, 0) is 66.3 Å². The molecule has 0 aliphatic carbocycles. The lowest BCUT2D eigenvalue weighted by atomic mass is 9.98. The molecule has 0 aliphatic heterocycles. The van der Waals surface area contributed by atoms with Crippen LogP contribution >= 0.6 is 25.1 Å². The van der Waals surface area contributed by atoms with Gasteiger partial charge in [0, 0.05) is 11.3 Å². The highest BCUT2D eigenvalue weighted by Crippen LogP contribution is 2.57. The molecule has 0 fully saturated rings. The van der Waals surface area contributed by atoms with E-state index in [2.05, 4.69) is 174 Å². The molecule has 0 nitrogen and oxygen atoms in total. The van der Waals surface area contributed by atoms with Crippen LogP contribution in [0.4, 0.5) is 0 Å². The molecule has 5 rings (SSSR count). The molecule has 204 valence electrons. The number of allylic oxidation sites excluding steroid dienone is 2. The van der Waals surface area contributed by atoms with Crippen molar-refractivity contribution < 1.29 is 0 Å². The Balaban J connectivity index is 1.74. The summed E-state index contributed by atoms with van der Waals surface area (Å²) in [5.74, 6) is 0. The zero-order chi connectivity index (χ0) is 28.4. The van der Waals surface area contributed by atoms with Gasteiger partial charge >= 0.3 is 0 Å². The van der Waals surface area contributed by atoms with Gasteiger partial charge in [-0.1, -0.05) is 152 Å². The first kappa shape index (κ1) is 29.4. The Labute approximate surface area is 251 Å². The van der Waals surface area contributed by atoms with Gasteiger partial charge in [0.2, 0.25) is 0 Å². The molecule has 0 heterocycles. The Morgan fingerprint density at radius 2 is 0.854 bits per heavy atom. The minimum Gasteiger partial charge on any atom is -0.105 e. The molecule has 0 radical (unpaired) electrons. The van der Waals surface area contributed by atoms with Crippen LogP contribution in [0.15, 0.2) is 165 Å². The first-order valence-electron chi connectivity index (χ1n) is 14.1. The molecule has 0 saturated carbocycles. The van der Waals surface area contributed by atoms with Gasteiger partial charge in [-0.3, -0.25) is 0 Å². The van der Waals surface area contributed by atoms with Crippen molar-refractivity contribution in [2.24, 2.45) is 0 Å². The Kier molecular flexibility index (Phi) is 10.5. The SMILES string of the molecule is C=CCC(c1cccc(P)c1C(CC=C)P(c1ccccc1)c1ccccc1)P(c1ccccc1)c1ccccc1. The fourth-order valence-corrected chi connectivity index (χ4v) is 12.1. The first-order chi connectivity index (χ1) is 20.2. The van der Waals surface area contributed by atoms with Gasteiger partial charge in [0.1, 0.15) is 0 Å². The largest absolute Gasteiger partial charge is 0.105 e. The van der Waals surface area contributed by atoms with Crippen molar-refractivity contribution in [1.82, 2.24) is 0 Å². The normalized spacial score (nSPS) is 12.7. The molecule has 0 aliphatic rings. The maximum Gasteiger partial charge on any atom is 0.0165 e. The van der Waals surface area contributed by atoms with Gasteiger partial charge in [-0.25, -0.2) is 0 Å². The second-order valence-electron chi connectivity index (χ2n) is 10.0. The molecule has 5 aromatic rings. The van der Waals surface area contributed by atoms with Crippen molar-refractivity contribution in [3.05, 3.63) is 176 Å². The molecule has 0 bridgehead atoms. The van der Waals surface area contributed by atoms with E-state index in [0.29, 0.717) is 5.66 Å². The van der Waals surface area contributed by atoms with E-state index in [1.807, 2.05) is 0 Å². The van der Waals surface area contributed by atoms with Crippen LogP contribution in [0.5, 0.6) is 0 Å². The fraction of sp³-hybridized carbons (Fsp3) is 0.105. The van der Waals surface area contributed by atoms with Gasteiger partial charge < -0.3 is 0 Å². The second kappa shape index (κ2) is 14.7. The third-order valence-corrected chi connectivity index (χ3v) is 13.5. The van der Waals surface area contributed by atoms with Crippen LogP contribution in [0.1, 0.15) is 35.3 Å². The van der Waals surface area contributed by atoms with Crippen molar-refractivity contribution in [3.8, 4) is 0 Å². The van der Waals surface area contributed by atoms with Crippen LogP contribution in [0, 0.1) is 0 Å². The average molecular weight is 587 g/mol. The molecule has 0 N–H and O–H groups in total. The van der Waals surface area contributed by atoms with Crippen LogP contribution in [0.25, 0.3) is 0 Å². The third kappa shape index (κ3) is 6.85. The van der Waals surface area contributed by atoms with E-state index >= 15 is 0 Å². The number of hydrogen-bond donors (Lipinski definition) is 0. The van der Waals surface area contributed by atoms with Crippen LogP contribution in [-0.4, -0.2) is 0 Å². The molecule has 0 amide bonds. The lowest BCUT2D eigenvalue weighted by Crippen LogP contribution is -2.23. The standard InChI is InChI=1S/C38H37P3/c1-3-18-36(40(30-20-9-5-10-21-30)31-22-11-6-12-23-31)34-28-17-29-35(39)38(34)37(19-4-2)41(32-24-13-7-14-25-32)33-26-15-8-16-27-33/h3-17,20-29,36-37H,1-2,18-19,39H2. The van der Waals surface area contributed by atoms with E-state index in [0.717, 1.165) is 12.8 Å². The fourth-order valence-electron chi connectivity index (χ4n) is 5.69. The molecule has 3 atom stereocenters. The second-order valence-corrected chi connectivity index (χ2v) is 15.4. The highest BCUT2D eigenvalue weighted by atomic mass is 31.1. The number of benzene rings is 5. The van der Waals surface area contributed by atoms with E-state index in [9.17, 15) is 0 Å². The summed E-state index contributed by atoms with van der Waals surface area (Å²) in [4.78, 5) is 0. The van der Waals surface area contributed by atoms with Crippen LogP contribution in [-0.2, 0) is 0 Å². The lowest BCUT2D eigenvalue weighted by Gasteiger charge is -2.35. The smallest absolute Gasteiger partial charge is 0.0165 e. The van der Waals surface area contributed by atoms with E-state index in [4.69, 9.17) is 0 Å². The molecule has 3 unspecified atom stereocenters. The topological polar surface area (TPSA) is 0 Å². The zero-order valence-corrected chi connectivity index (χ0v) is 26.3. The molecular weight excluding hydrogens is 549 g/mol. The molecule has 0 spiro atoms. The van der Waals surface area contributed by atoms with Crippen molar-refractivity contribution in [2.75, 3.05) is 0 Å². The summed E-state index contributed by atoms with van der Waals surface area (Å²) in [7, 11) is 1.71. The van der Waals surface area contributed by atoms with E-state index in [-0.39, 0.29) is 5.66 Å². The molecule has 41 heavy (non-hydrogen) atoms. The summed E-state index contributed by atoms with van der Waals surface area (Å²) in [5.41, 5.74) is 3.45. The summed E-state index contributed by atoms with van der Waals surface area (Å²) < 4.78 is 0. The van der Waals surface area contributed by atoms with Crippen LogP contribution in [0.2, 0.25) is 0 Å². The highest BCUT2D eigenvalue weighted by Gasteiger charge is 2.33. The molecule has 5 aromatic carbocycles. The summed E-state index contributed by atoms with van der Waals surface area (Å²) in [6.45, 7) is 8.51. The van der Waals surface area contributed by atoms with Crippen molar-refractivity contribution in [3.63, 3.8) is 0 Å². The molecule has 0 saturated heterocycles. The Morgan fingerprint density at radius 3 is 1.24 bits per heavy atom. The van der Waals surface area contributed by atoms with E-state index in [1.165, 1.54) is 37.6 Å². The van der Waals surface area contributed by atoms with Gasteiger partial charge in [0.05, 0.1) is 0 Å². The van der Waals surface area contributed by atoms with Crippen molar-refractivity contribution in [2.45, 2.75) is 24.2 Å². The predicted molar refractivity (Wildman–Crippen MR) is 189 cm³/mol. The Hall–Kier alpha value is -3.13. The summed E-state index contributed by atoms with van der Waals surface area (Å²) in [5, 5.41) is 6.87. The monoisotopic (exact) mass is 586 g/mol. The lowest BCUT2D eigenvalue weighted by molar-refractivity contribution is 0.894. The predicted octanol–water partition coefficient (Wildman–Crippen LogP) is 8.69. The van der Waals surface area contributed by atoms with Crippen LogP contribution in [0.3, 0.4) is 0 Å². The minimum atomic E-state index is -0.694. The Morgan fingerprint density at radius 1 is 0.488 bits per heavy atom. The van der Waals surface area contributed by atoms with Gasteiger partial charge in [0.15, 0.2) is 0 Å². The summed E-state index contributed by atoms with van der Waals surface area (Å²) in [6, 6.07) is 51.2. The van der Waals surface area contributed by atoms with E-state index < -0.39 is 15.8 Å². The maximum atomic E-state index is 4.26. The van der Waals surface area contributed by atoms with Gasteiger partial charge in [-0.15, -0.1) is 22.4 Å². The van der Waals surface area contributed by atoms with Gasteiger partial charge in [-0.2, -0.15) is 0 Å². The summed E-state index contributed by atoms with van der Waals surface area (Å²) in [6.07, 6.45) is 6.05. The highest BCUT2D eigenvalue weighted by molar-refractivity contribution is 7.73. The van der Waals surface area contributed by atoms with Gasteiger partial charge in [0.25, 0.3) is 0 Å². The van der Waals surface area contributed by atoms with Crippen LogP contribution < -0.4 is 26.5 Å². The summed E-state index contributed by atoms with van der Waals surface area (Å²) >= 11 is 0. The maximum absolute atomic E-state index is 4.26. The minimum absolute atomic E-state index is 0.284. The zero-order valence-electron chi connectivity index (χ0n) is 23.4. The first-order valence-corrected chi connectivity index (χ1v) is 17.5. The molecular formula is C38H37P3. The Bertz CT molecular complexity index is 1450. The molecule has 0 aromatic heterocycles. The molecule has 3 heteroatoms. The van der Waals surface area contributed by atoms with Crippen molar-refractivity contribution >= 4 is 51.6 Å². The average Bonchev–Trinajstić information content (AvgIpc) is 3.03. The van der Waals surface area contributed by atoms with Crippen molar-refractivity contribution in [1.29, 1.82) is 0 Å². The number of hydrogen-bond acceptors (Lipinski definition) is 0.